The molecule has 0 aromatic heterocycles. The van der Waals surface area contributed by atoms with Crippen LogP contribution < -0.4 is 5.32 Å². The Labute approximate surface area is 104 Å². The molecule has 4 nitrogen and oxygen atoms in total. The van der Waals surface area contributed by atoms with Gasteiger partial charge in [0.25, 0.3) is 0 Å². The van der Waals surface area contributed by atoms with Gasteiger partial charge in [-0.05, 0) is 52.1 Å². The molecule has 1 fully saturated rings. The van der Waals surface area contributed by atoms with E-state index in [-0.39, 0.29) is 0 Å². The molecule has 0 heterocycles. The Hall–Kier alpha value is -0.610. The van der Waals surface area contributed by atoms with Crippen molar-refractivity contribution in [2.24, 2.45) is 5.92 Å². The van der Waals surface area contributed by atoms with Crippen LogP contribution in [0.3, 0.4) is 0 Å². The van der Waals surface area contributed by atoms with Crippen LogP contribution in [0.15, 0.2) is 0 Å². The lowest BCUT2D eigenvalue weighted by atomic mass is 9.86. The van der Waals surface area contributed by atoms with Gasteiger partial charge in [-0.15, -0.1) is 0 Å². The van der Waals surface area contributed by atoms with E-state index < -0.39 is 12.0 Å². The van der Waals surface area contributed by atoms with Crippen molar-refractivity contribution < 1.29 is 9.90 Å². The summed E-state index contributed by atoms with van der Waals surface area (Å²) in [6.07, 6.45) is 5.81. The number of nitrogens with one attached hydrogen (secondary N) is 1. The van der Waals surface area contributed by atoms with E-state index >= 15 is 0 Å². The van der Waals surface area contributed by atoms with Crippen molar-refractivity contribution in [3.63, 3.8) is 0 Å². The van der Waals surface area contributed by atoms with Gasteiger partial charge in [0, 0.05) is 12.6 Å². The molecule has 1 unspecified atom stereocenters. The lowest BCUT2D eigenvalue weighted by molar-refractivity contribution is -0.139. The lowest BCUT2D eigenvalue weighted by Crippen LogP contribution is -2.40. The zero-order valence-corrected chi connectivity index (χ0v) is 11.3. The fraction of sp³-hybridized carbons (Fsp3) is 0.923. The fourth-order valence-electron chi connectivity index (χ4n) is 2.59. The highest BCUT2D eigenvalue weighted by Gasteiger charge is 2.23. The maximum atomic E-state index is 10.9. The fourth-order valence-corrected chi connectivity index (χ4v) is 2.59. The first kappa shape index (κ1) is 14.5. The number of hydrogen-bond donors (Lipinski definition) is 2. The molecule has 2 N–H and O–H groups in total. The van der Waals surface area contributed by atoms with Gasteiger partial charge in [0.05, 0.1) is 0 Å². The average molecular weight is 242 g/mol. The molecule has 100 valence electrons. The van der Waals surface area contributed by atoms with Crippen LogP contribution in [-0.2, 0) is 4.79 Å². The van der Waals surface area contributed by atoms with E-state index in [1.54, 1.807) is 7.05 Å². The third-order valence-electron chi connectivity index (χ3n) is 4.03. The number of nitrogens with zero attached hydrogens (tertiary/aromatic N) is 1. The first-order valence-electron chi connectivity index (χ1n) is 6.65. The van der Waals surface area contributed by atoms with Gasteiger partial charge in [0.2, 0.25) is 0 Å². The van der Waals surface area contributed by atoms with E-state index in [4.69, 9.17) is 5.11 Å². The molecule has 0 aliphatic heterocycles. The highest BCUT2D eigenvalue weighted by atomic mass is 16.4. The van der Waals surface area contributed by atoms with E-state index in [0.717, 1.165) is 12.5 Å². The summed E-state index contributed by atoms with van der Waals surface area (Å²) in [5.74, 6) is 0.113. The van der Waals surface area contributed by atoms with Crippen molar-refractivity contribution in [1.29, 1.82) is 0 Å². The van der Waals surface area contributed by atoms with Crippen LogP contribution in [0.2, 0.25) is 0 Å². The molecule has 17 heavy (non-hydrogen) atoms. The lowest BCUT2D eigenvalue weighted by Gasteiger charge is -2.34. The summed E-state index contributed by atoms with van der Waals surface area (Å²) in [5, 5.41) is 11.8. The minimum atomic E-state index is -0.752. The van der Waals surface area contributed by atoms with Gasteiger partial charge in [-0.25, -0.2) is 0 Å². The predicted octanol–water partition coefficient (Wildman–Crippen LogP) is 1.56. The van der Waals surface area contributed by atoms with Crippen LogP contribution in [0, 0.1) is 5.92 Å². The number of carbonyl (C=O) groups is 1. The second-order valence-corrected chi connectivity index (χ2v) is 5.36. The van der Waals surface area contributed by atoms with Crippen molar-refractivity contribution in [2.75, 3.05) is 20.6 Å². The smallest absolute Gasteiger partial charge is 0.320 e. The summed E-state index contributed by atoms with van der Waals surface area (Å²) in [7, 11) is 3.83. The Morgan fingerprint density at radius 2 is 2.00 bits per heavy atom. The van der Waals surface area contributed by atoms with E-state index in [0.29, 0.717) is 12.5 Å². The van der Waals surface area contributed by atoms with Gasteiger partial charge in [-0.3, -0.25) is 4.79 Å². The SMILES string of the molecule is CNC(CCN(C)C1CCC(C)CC1)C(=O)O. The zero-order valence-electron chi connectivity index (χ0n) is 11.3. The molecule has 1 rings (SSSR count). The molecule has 1 saturated carbocycles. The molecular weight excluding hydrogens is 216 g/mol. The van der Waals surface area contributed by atoms with Crippen molar-refractivity contribution in [3.05, 3.63) is 0 Å². The number of hydrogen-bond acceptors (Lipinski definition) is 3. The number of likely N-dealkylation sites (N-methyl/N-ethyl adjacent to an activating group) is 1. The number of rotatable bonds is 6. The molecule has 0 radical (unpaired) electrons. The van der Waals surface area contributed by atoms with Gasteiger partial charge >= 0.3 is 5.97 Å². The predicted molar refractivity (Wildman–Crippen MR) is 69.2 cm³/mol. The molecule has 1 aliphatic rings. The maximum Gasteiger partial charge on any atom is 0.320 e. The highest BCUT2D eigenvalue weighted by Crippen LogP contribution is 2.26. The molecule has 0 aromatic carbocycles. The third-order valence-corrected chi connectivity index (χ3v) is 4.03. The maximum absolute atomic E-state index is 10.9. The summed E-state index contributed by atoms with van der Waals surface area (Å²) in [6, 6.07) is 0.234. The quantitative estimate of drug-likeness (QED) is 0.742. The number of aliphatic carboxylic acids is 1. The Bertz CT molecular complexity index is 238. The zero-order chi connectivity index (χ0) is 12.8. The summed E-state index contributed by atoms with van der Waals surface area (Å²) >= 11 is 0. The van der Waals surface area contributed by atoms with Crippen molar-refractivity contribution in [3.8, 4) is 0 Å². The second-order valence-electron chi connectivity index (χ2n) is 5.36. The van der Waals surface area contributed by atoms with Gasteiger partial charge in [0.1, 0.15) is 6.04 Å². The van der Waals surface area contributed by atoms with E-state index in [1.807, 2.05) is 0 Å². The summed E-state index contributed by atoms with van der Waals surface area (Å²) in [4.78, 5) is 13.2. The first-order chi connectivity index (χ1) is 8.04. The molecule has 0 saturated heterocycles. The monoisotopic (exact) mass is 242 g/mol. The Morgan fingerprint density at radius 3 is 2.47 bits per heavy atom. The van der Waals surface area contributed by atoms with E-state index in [2.05, 4.69) is 24.2 Å². The summed E-state index contributed by atoms with van der Waals surface area (Å²) < 4.78 is 0. The molecule has 4 heteroatoms. The van der Waals surface area contributed by atoms with Crippen LogP contribution in [0.4, 0.5) is 0 Å². The molecule has 1 atom stereocenters. The van der Waals surface area contributed by atoms with Crippen LogP contribution in [0.1, 0.15) is 39.0 Å². The van der Waals surface area contributed by atoms with Crippen LogP contribution in [0.5, 0.6) is 0 Å². The number of carboxylic acids is 1. The Balaban J connectivity index is 2.29. The third kappa shape index (κ3) is 4.64. The van der Waals surface area contributed by atoms with Crippen molar-refractivity contribution in [2.45, 2.75) is 51.1 Å². The topological polar surface area (TPSA) is 52.6 Å². The molecule has 0 spiro atoms. The van der Waals surface area contributed by atoms with E-state index in [1.165, 1.54) is 25.7 Å². The summed E-state index contributed by atoms with van der Waals surface area (Å²) in [6.45, 7) is 3.18. The Morgan fingerprint density at radius 1 is 1.41 bits per heavy atom. The van der Waals surface area contributed by atoms with Gasteiger partial charge in [0.15, 0.2) is 0 Å². The van der Waals surface area contributed by atoms with Crippen molar-refractivity contribution >= 4 is 5.97 Å². The molecular formula is C13H26N2O2. The van der Waals surface area contributed by atoms with E-state index in [9.17, 15) is 4.79 Å². The van der Waals surface area contributed by atoms with Crippen LogP contribution in [-0.4, -0.2) is 48.7 Å². The standard InChI is InChI=1S/C13H26N2O2/c1-10-4-6-11(7-5-10)15(3)9-8-12(14-2)13(16)17/h10-12,14H,4-9H2,1-3H3,(H,16,17). The highest BCUT2D eigenvalue weighted by molar-refractivity contribution is 5.73. The van der Waals surface area contributed by atoms with Gasteiger partial charge in [-0.2, -0.15) is 0 Å². The van der Waals surface area contributed by atoms with Crippen molar-refractivity contribution in [1.82, 2.24) is 10.2 Å². The minimum Gasteiger partial charge on any atom is -0.480 e. The van der Waals surface area contributed by atoms with Crippen LogP contribution >= 0.6 is 0 Å². The minimum absolute atomic E-state index is 0.417. The van der Waals surface area contributed by atoms with Gasteiger partial charge in [-0.1, -0.05) is 6.92 Å². The second kappa shape index (κ2) is 6.97. The molecule has 0 bridgehead atoms. The number of carboxylic acid groups (broad SMARTS) is 1. The normalized spacial score (nSPS) is 27.1. The van der Waals surface area contributed by atoms with Crippen LogP contribution in [0.25, 0.3) is 0 Å². The van der Waals surface area contributed by atoms with Gasteiger partial charge < -0.3 is 15.3 Å². The molecule has 0 aromatic rings. The molecule has 1 aliphatic carbocycles. The molecule has 0 amide bonds. The average Bonchev–Trinajstić information content (AvgIpc) is 2.30. The summed E-state index contributed by atoms with van der Waals surface area (Å²) in [5.41, 5.74) is 0. The first-order valence-corrected chi connectivity index (χ1v) is 6.65. The largest absolute Gasteiger partial charge is 0.480 e. The Kier molecular flexibility index (Phi) is 5.92.